The number of nitrogens with one attached hydrogen (secondary N) is 2. The van der Waals surface area contributed by atoms with Gasteiger partial charge < -0.3 is 19.3 Å². The summed E-state index contributed by atoms with van der Waals surface area (Å²) >= 11 is 0. The van der Waals surface area contributed by atoms with E-state index in [1.165, 1.54) is 6.42 Å². The molecule has 0 spiro atoms. The predicted molar refractivity (Wildman–Crippen MR) is 93.6 cm³/mol. The number of hydrogen-bond donors (Lipinski definition) is 2. The van der Waals surface area contributed by atoms with Crippen LogP contribution in [-0.2, 0) is 16.1 Å². The molecule has 2 amide bonds. The number of ether oxygens (including phenoxy) is 2. The Morgan fingerprint density at radius 1 is 1.32 bits per heavy atom. The lowest BCUT2D eigenvalue weighted by Crippen LogP contribution is -2.24. The Hall–Kier alpha value is -2.38. The van der Waals surface area contributed by atoms with Gasteiger partial charge in [-0.15, -0.1) is 0 Å². The van der Waals surface area contributed by atoms with Gasteiger partial charge in [0.2, 0.25) is 0 Å². The lowest BCUT2D eigenvalue weighted by molar-refractivity contribution is -0.0447. The molecule has 0 radical (unpaired) electrons. The molecule has 2 heterocycles. The van der Waals surface area contributed by atoms with Crippen LogP contribution < -0.4 is 10.6 Å². The molecule has 0 saturated carbocycles. The number of aromatic nitrogens is 1. The van der Waals surface area contributed by atoms with Crippen LogP contribution in [0.15, 0.2) is 34.9 Å². The molecule has 3 rings (SSSR count). The van der Waals surface area contributed by atoms with Crippen molar-refractivity contribution in [3.05, 3.63) is 41.7 Å². The van der Waals surface area contributed by atoms with Crippen molar-refractivity contribution >= 4 is 17.5 Å². The normalized spacial score (nSPS) is 17.2. The predicted octanol–water partition coefficient (Wildman–Crippen LogP) is 3.71. The summed E-state index contributed by atoms with van der Waals surface area (Å²) in [5.74, 6) is 1.01. The molecule has 1 atom stereocenters. The van der Waals surface area contributed by atoms with Crippen LogP contribution in [0, 0.1) is 6.92 Å². The summed E-state index contributed by atoms with van der Waals surface area (Å²) in [6.07, 6.45) is 3.60. The van der Waals surface area contributed by atoms with E-state index in [0.29, 0.717) is 30.5 Å². The van der Waals surface area contributed by atoms with Gasteiger partial charge in [0.25, 0.3) is 0 Å². The maximum Gasteiger partial charge on any atom is 0.324 e. The van der Waals surface area contributed by atoms with Gasteiger partial charge in [0.1, 0.15) is 5.76 Å². The van der Waals surface area contributed by atoms with E-state index in [1.54, 1.807) is 13.0 Å². The lowest BCUT2D eigenvalue weighted by Gasteiger charge is -2.22. The monoisotopic (exact) mass is 345 g/mol. The number of anilines is 2. The van der Waals surface area contributed by atoms with E-state index in [1.807, 2.05) is 24.3 Å². The minimum Gasteiger partial charge on any atom is -0.376 e. The molecule has 1 aliphatic heterocycles. The minimum atomic E-state index is -0.373. The number of rotatable bonds is 6. The molecule has 0 bridgehead atoms. The Bertz CT molecular complexity index is 695. The number of aryl methyl sites for hydroxylation is 1. The minimum absolute atomic E-state index is 0.201. The summed E-state index contributed by atoms with van der Waals surface area (Å²) in [5.41, 5.74) is 1.68. The average molecular weight is 345 g/mol. The molecular formula is C18H23N3O4. The van der Waals surface area contributed by atoms with E-state index >= 15 is 0 Å². The van der Waals surface area contributed by atoms with Crippen molar-refractivity contribution in [2.75, 3.05) is 23.8 Å². The second-order valence-corrected chi connectivity index (χ2v) is 6.11. The first-order valence-corrected chi connectivity index (χ1v) is 8.48. The van der Waals surface area contributed by atoms with Crippen LogP contribution in [0.1, 0.15) is 30.6 Å². The molecule has 1 saturated heterocycles. The summed E-state index contributed by atoms with van der Waals surface area (Å²) < 4.78 is 16.3. The summed E-state index contributed by atoms with van der Waals surface area (Å²) in [6.45, 7) is 3.68. The van der Waals surface area contributed by atoms with Crippen LogP contribution in [-0.4, -0.2) is 30.5 Å². The second kappa shape index (κ2) is 8.64. The van der Waals surface area contributed by atoms with Crippen molar-refractivity contribution in [1.82, 2.24) is 5.16 Å². The van der Waals surface area contributed by atoms with Crippen molar-refractivity contribution in [3.8, 4) is 0 Å². The standard InChI is InChI=1S/C18H23N3O4/c1-13-9-17(21-25-13)20-18(22)19-15-6-4-5-14(10-15)11-23-12-16-7-2-3-8-24-16/h4-6,9-10,16H,2-3,7-8,11-12H2,1H3,(H2,19,20,21,22)/t16-/m1/s1. The largest absolute Gasteiger partial charge is 0.376 e. The third-order valence-electron chi connectivity index (χ3n) is 3.90. The molecule has 2 aromatic rings. The molecular weight excluding hydrogens is 322 g/mol. The van der Waals surface area contributed by atoms with Crippen LogP contribution in [0.25, 0.3) is 0 Å². The number of carbonyl (C=O) groups excluding carboxylic acids is 1. The molecule has 7 heteroatoms. The lowest BCUT2D eigenvalue weighted by atomic mass is 10.1. The van der Waals surface area contributed by atoms with Crippen molar-refractivity contribution < 1.29 is 18.8 Å². The van der Waals surface area contributed by atoms with Crippen LogP contribution in [0.4, 0.5) is 16.3 Å². The zero-order valence-electron chi connectivity index (χ0n) is 14.3. The summed E-state index contributed by atoms with van der Waals surface area (Å²) in [7, 11) is 0. The first-order chi connectivity index (χ1) is 12.2. The van der Waals surface area contributed by atoms with Crippen molar-refractivity contribution in [3.63, 3.8) is 0 Å². The third kappa shape index (κ3) is 5.58. The van der Waals surface area contributed by atoms with Gasteiger partial charge in [-0.2, -0.15) is 0 Å². The molecule has 1 aromatic heterocycles. The van der Waals surface area contributed by atoms with Gasteiger partial charge in [0.05, 0.1) is 19.3 Å². The first-order valence-electron chi connectivity index (χ1n) is 8.48. The number of amides is 2. The zero-order chi connectivity index (χ0) is 17.5. The number of benzene rings is 1. The van der Waals surface area contributed by atoms with Gasteiger partial charge in [0.15, 0.2) is 5.82 Å². The number of nitrogens with zero attached hydrogens (tertiary/aromatic N) is 1. The average Bonchev–Trinajstić information content (AvgIpc) is 3.01. The Morgan fingerprint density at radius 2 is 2.24 bits per heavy atom. The van der Waals surface area contributed by atoms with Crippen LogP contribution in [0.2, 0.25) is 0 Å². The highest BCUT2D eigenvalue weighted by Crippen LogP contribution is 2.16. The van der Waals surface area contributed by atoms with Crippen molar-refractivity contribution in [1.29, 1.82) is 0 Å². The highest BCUT2D eigenvalue weighted by molar-refractivity contribution is 5.99. The van der Waals surface area contributed by atoms with E-state index in [0.717, 1.165) is 25.0 Å². The SMILES string of the molecule is Cc1cc(NC(=O)Nc2cccc(COC[C@H]3CCCCO3)c2)no1. The Morgan fingerprint density at radius 3 is 3.00 bits per heavy atom. The second-order valence-electron chi connectivity index (χ2n) is 6.11. The van der Waals surface area contributed by atoms with E-state index in [4.69, 9.17) is 14.0 Å². The van der Waals surface area contributed by atoms with Gasteiger partial charge in [-0.05, 0) is 43.9 Å². The summed E-state index contributed by atoms with van der Waals surface area (Å²) in [4.78, 5) is 12.0. The molecule has 0 aliphatic carbocycles. The fourth-order valence-electron chi connectivity index (χ4n) is 2.69. The fourth-order valence-corrected chi connectivity index (χ4v) is 2.69. The molecule has 7 nitrogen and oxygen atoms in total. The molecule has 2 N–H and O–H groups in total. The van der Waals surface area contributed by atoms with Crippen LogP contribution >= 0.6 is 0 Å². The van der Waals surface area contributed by atoms with Gasteiger partial charge in [-0.3, -0.25) is 5.32 Å². The van der Waals surface area contributed by atoms with E-state index in [-0.39, 0.29) is 12.1 Å². The van der Waals surface area contributed by atoms with Gasteiger partial charge >= 0.3 is 6.03 Å². The maximum atomic E-state index is 12.0. The fraction of sp³-hybridized carbons (Fsp3) is 0.444. The topological polar surface area (TPSA) is 85.6 Å². The Labute approximate surface area is 146 Å². The first kappa shape index (κ1) is 17.4. The van der Waals surface area contributed by atoms with Crippen molar-refractivity contribution in [2.24, 2.45) is 0 Å². The third-order valence-corrected chi connectivity index (χ3v) is 3.90. The highest BCUT2D eigenvalue weighted by Gasteiger charge is 2.13. The van der Waals surface area contributed by atoms with E-state index in [2.05, 4.69) is 15.8 Å². The van der Waals surface area contributed by atoms with Crippen LogP contribution in [0.3, 0.4) is 0 Å². The molecule has 1 aromatic carbocycles. The van der Waals surface area contributed by atoms with E-state index < -0.39 is 0 Å². The molecule has 134 valence electrons. The number of hydrogen-bond acceptors (Lipinski definition) is 5. The highest BCUT2D eigenvalue weighted by atomic mass is 16.5. The number of urea groups is 1. The van der Waals surface area contributed by atoms with Crippen molar-refractivity contribution in [2.45, 2.75) is 38.9 Å². The van der Waals surface area contributed by atoms with E-state index in [9.17, 15) is 4.79 Å². The Kier molecular flexibility index (Phi) is 6.03. The quantitative estimate of drug-likeness (QED) is 0.833. The summed E-state index contributed by atoms with van der Waals surface area (Å²) in [6, 6.07) is 8.83. The maximum absolute atomic E-state index is 12.0. The van der Waals surface area contributed by atoms with Crippen LogP contribution in [0.5, 0.6) is 0 Å². The molecule has 1 fully saturated rings. The van der Waals surface area contributed by atoms with Gasteiger partial charge in [-0.1, -0.05) is 17.3 Å². The summed E-state index contributed by atoms with van der Waals surface area (Å²) in [5, 5.41) is 9.10. The molecule has 0 unspecified atom stereocenters. The Balaban J connectivity index is 1.46. The zero-order valence-corrected chi connectivity index (χ0v) is 14.3. The van der Waals surface area contributed by atoms with Gasteiger partial charge in [0, 0.05) is 18.4 Å². The number of carbonyl (C=O) groups is 1. The smallest absolute Gasteiger partial charge is 0.324 e. The molecule has 1 aliphatic rings. The molecule has 25 heavy (non-hydrogen) atoms. The van der Waals surface area contributed by atoms with Gasteiger partial charge in [-0.25, -0.2) is 4.79 Å².